The summed E-state index contributed by atoms with van der Waals surface area (Å²) >= 11 is 7.16. The highest BCUT2D eigenvalue weighted by Gasteiger charge is 2.38. The Balaban J connectivity index is 1.29. The molecule has 0 unspecified atom stereocenters. The molecule has 5 aromatic rings. The summed E-state index contributed by atoms with van der Waals surface area (Å²) in [7, 11) is 0. The van der Waals surface area contributed by atoms with Crippen LogP contribution in [0.2, 0.25) is 5.02 Å². The normalized spacial score (nSPS) is 11.5. The second-order valence-electron chi connectivity index (χ2n) is 9.10. The average Bonchev–Trinajstić information content (AvgIpc) is 3.63. The van der Waals surface area contributed by atoms with E-state index in [1.165, 1.54) is 17.5 Å². The maximum atomic E-state index is 12.6. The molecule has 0 aliphatic heterocycles. The Morgan fingerprint density at radius 1 is 1.09 bits per heavy atom. The number of rotatable bonds is 9. The summed E-state index contributed by atoms with van der Waals surface area (Å²) < 4.78 is 54.4. The highest BCUT2D eigenvalue weighted by molar-refractivity contribution is 7.17. The summed E-state index contributed by atoms with van der Waals surface area (Å²) in [6.07, 6.45) is -3.80. The number of carbonyl (C=O) groups is 2. The number of benzene rings is 2. The van der Waals surface area contributed by atoms with Gasteiger partial charge in [0.2, 0.25) is 11.8 Å². The van der Waals surface area contributed by atoms with E-state index >= 15 is 0 Å². The number of esters is 1. The van der Waals surface area contributed by atoms with Gasteiger partial charge in [-0.1, -0.05) is 17.7 Å². The minimum Gasteiger partial charge on any atom is -0.489 e. The quantitative estimate of drug-likeness (QED) is 0.149. The van der Waals surface area contributed by atoms with E-state index in [1.54, 1.807) is 41.0 Å². The molecule has 0 aliphatic carbocycles. The molecule has 0 radical (unpaired) electrons. The van der Waals surface area contributed by atoms with E-state index in [4.69, 9.17) is 31.2 Å². The van der Waals surface area contributed by atoms with Crippen molar-refractivity contribution in [2.75, 3.05) is 18.9 Å². The second kappa shape index (κ2) is 12.3. The highest BCUT2D eigenvalue weighted by atomic mass is 35.5. The van der Waals surface area contributed by atoms with Crippen molar-refractivity contribution in [2.45, 2.75) is 19.7 Å². The number of aromatic nitrogens is 3. The number of carbonyl (C=O) groups excluding carboxylic acids is 2. The van der Waals surface area contributed by atoms with Gasteiger partial charge in [-0.25, -0.2) is 9.78 Å². The zero-order valence-corrected chi connectivity index (χ0v) is 23.8. The molecule has 0 fully saturated rings. The van der Waals surface area contributed by atoms with Crippen molar-refractivity contribution >= 4 is 50.7 Å². The van der Waals surface area contributed by atoms with Crippen LogP contribution in [0.5, 0.6) is 5.75 Å². The molecule has 0 bridgehead atoms. The molecule has 2 aromatic carbocycles. The number of alkyl halides is 3. The largest absolute Gasteiger partial charge is 0.489 e. The minimum absolute atomic E-state index is 0.0775. The number of nitrogens with two attached hydrogens (primary N) is 1. The number of thiophene rings is 1. The molecular formula is C28H21ClF3N5O5S. The van der Waals surface area contributed by atoms with Gasteiger partial charge in [0.1, 0.15) is 24.8 Å². The predicted molar refractivity (Wildman–Crippen MR) is 153 cm³/mol. The number of hydrogen-bond donors (Lipinski definition) is 2. The predicted octanol–water partition coefficient (Wildman–Crippen LogP) is 5.97. The molecule has 1 amide bonds. The van der Waals surface area contributed by atoms with Crippen molar-refractivity contribution in [1.29, 1.82) is 0 Å². The van der Waals surface area contributed by atoms with Gasteiger partial charge in [-0.05, 0) is 54.3 Å². The smallest absolute Gasteiger partial charge is 0.471 e. The number of fused-ring (bicyclic) bond motifs is 1. The van der Waals surface area contributed by atoms with Crippen molar-refractivity contribution < 1.29 is 36.7 Å². The lowest BCUT2D eigenvalue weighted by atomic mass is 10.1. The van der Waals surface area contributed by atoms with Crippen molar-refractivity contribution in [2.24, 2.45) is 0 Å². The van der Waals surface area contributed by atoms with E-state index in [0.717, 1.165) is 11.1 Å². The SMILES string of the molecule is Cc1ccc(-c2nnc(-c3ccc(Cl)cc3)o2)cc1OCc1csc2c(C(=O)OCCNC(=O)C(F)(F)F)cnc(N)c12. The minimum atomic E-state index is -5.03. The van der Waals surface area contributed by atoms with Crippen molar-refractivity contribution in [1.82, 2.24) is 20.5 Å². The molecule has 0 saturated heterocycles. The number of nitrogens with one attached hydrogen (secondary N) is 1. The third-order valence-corrected chi connectivity index (χ3v) is 7.45. The number of nitrogen functional groups attached to an aromatic ring is 1. The van der Waals surface area contributed by atoms with E-state index in [9.17, 15) is 22.8 Å². The zero-order valence-electron chi connectivity index (χ0n) is 22.2. The molecular weight excluding hydrogens is 611 g/mol. The number of nitrogens with zero attached hydrogens (tertiary/aromatic N) is 3. The van der Waals surface area contributed by atoms with Gasteiger partial charge in [0.05, 0.1) is 16.8 Å². The number of anilines is 1. The van der Waals surface area contributed by atoms with Crippen LogP contribution in [0.25, 0.3) is 33.0 Å². The summed E-state index contributed by atoms with van der Waals surface area (Å²) in [5.74, 6) is -1.60. The van der Waals surface area contributed by atoms with Crippen LogP contribution >= 0.6 is 22.9 Å². The topological polar surface area (TPSA) is 142 Å². The van der Waals surface area contributed by atoms with E-state index < -0.39 is 31.2 Å². The van der Waals surface area contributed by atoms with E-state index in [0.29, 0.717) is 43.8 Å². The third kappa shape index (κ3) is 6.70. The monoisotopic (exact) mass is 631 g/mol. The molecule has 3 N–H and O–H groups in total. The Morgan fingerprint density at radius 2 is 1.79 bits per heavy atom. The number of amides is 1. The molecule has 3 heterocycles. The number of hydrogen-bond acceptors (Lipinski definition) is 10. The van der Waals surface area contributed by atoms with Crippen LogP contribution < -0.4 is 15.8 Å². The van der Waals surface area contributed by atoms with Crippen LogP contribution in [0, 0.1) is 6.92 Å². The van der Waals surface area contributed by atoms with Gasteiger partial charge in [0, 0.05) is 33.3 Å². The first kappa shape index (κ1) is 29.8. The van der Waals surface area contributed by atoms with Crippen molar-refractivity contribution in [3.8, 4) is 28.7 Å². The van der Waals surface area contributed by atoms with Gasteiger partial charge < -0.3 is 24.9 Å². The maximum Gasteiger partial charge on any atom is 0.471 e. The molecule has 43 heavy (non-hydrogen) atoms. The van der Waals surface area contributed by atoms with Gasteiger partial charge in [-0.15, -0.1) is 21.5 Å². The molecule has 0 atom stereocenters. The van der Waals surface area contributed by atoms with Crippen LogP contribution in [0.1, 0.15) is 21.5 Å². The Morgan fingerprint density at radius 3 is 2.51 bits per heavy atom. The fraction of sp³-hybridized carbons (Fsp3) is 0.179. The fourth-order valence-electron chi connectivity index (χ4n) is 3.96. The molecule has 3 aromatic heterocycles. The van der Waals surface area contributed by atoms with Gasteiger partial charge >= 0.3 is 18.1 Å². The molecule has 5 rings (SSSR count). The van der Waals surface area contributed by atoms with Crippen LogP contribution in [0.15, 0.2) is 58.5 Å². The number of ether oxygens (including phenoxy) is 2. The zero-order chi connectivity index (χ0) is 30.7. The second-order valence-corrected chi connectivity index (χ2v) is 10.4. The number of aryl methyl sites for hydroxylation is 1. The summed E-state index contributed by atoms with van der Waals surface area (Å²) in [6, 6.07) is 12.5. The summed E-state index contributed by atoms with van der Waals surface area (Å²) in [5.41, 5.74) is 9.06. The standard InChI is InChI=1S/C28H21ClF3N5O5S/c1-14-2-3-16(25-37-36-24(42-25)15-4-6-18(29)7-5-15)10-20(14)41-12-17-13-43-22-19(11-35-23(33)21(17)22)26(38)40-9-8-34-27(39)28(30,31)32/h2-7,10-11,13H,8-9,12H2,1H3,(H2,33,35)(H,34,39). The summed E-state index contributed by atoms with van der Waals surface area (Å²) in [6.45, 7) is 0.977. The Hall–Kier alpha value is -4.69. The van der Waals surface area contributed by atoms with Gasteiger partial charge in [0.25, 0.3) is 0 Å². The van der Waals surface area contributed by atoms with E-state index in [-0.39, 0.29) is 18.0 Å². The summed E-state index contributed by atoms with van der Waals surface area (Å²) in [5, 5.41) is 12.7. The van der Waals surface area contributed by atoms with Gasteiger partial charge in [0.15, 0.2) is 0 Å². The van der Waals surface area contributed by atoms with Crippen LogP contribution in [0.4, 0.5) is 19.0 Å². The molecule has 0 aliphatic rings. The third-order valence-electron chi connectivity index (χ3n) is 6.13. The van der Waals surface area contributed by atoms with Crippen LogP contribution in [-0.2, 0) is 16.1 Å². The lowest BCUT2D eigenvalue weighted by Crippen LogP contribution is -2.38. The fourth-order valence-corrected chi connectivity index (χ4v) is 5.15. The average molecular weight is 632 g/mol. The van der Waals surface area contributed by atoms with Crippen LogP contribution in [-0.4, -0.2) is 46.4 Å². The first-order valence-corrected chi connectivity index (χ1v) is 13.8. The van der Waals surface area contributed by atoms with Crippen LogP contribution in [0.3, 0.4) is 0 Å². The molecule has 222 valence electrons. The number of halogens is 4. The lowest BCUT2D eigenvalue weighted by Gasteiger charge is -2.11. The molecule has 0 spiro atoms. The Labute approximate surface area is 250 Å². The van der Waals surface area contributed by atoms with E-state index in [2.05, 4.69) is 15.2 Å². The first-order valence-electron chi connectivity index (χ1n) is 12.5. The highest BCUT2D eigenvalue weighted by Crippen LogP contribution is 2.35. The lowest BCUT2D eigenvalue weighted by molar-refractivity contribution is -0.173. The Bertz CT molecular complexity index is 1810. The van der Waals surface area contributed by atoms with Gasteiger partial charge in [-0.2, -0.15) is 13.2 Å². The van der Waals surface area contributed by atoms with Crippen molar-refractivity contribution in [3.63, 3.8) is 0 Å². The van der Waals surface area contributed by atoms with Gasteiger partial charge in [-0.3, -0.25) is 4.79 Å². The first-order chi connectivity index (χ1) is 20.5. The van der Waals surface area contributed by atoms with Crippen molar-refractivity contribution in [3.05, 3.63) is 75.8 Å². The molecule has 10 nitrogen and oxygen atoms in total. The van der Waals surface area contributed by atoms with E-state index in [1.807, 2.05) is 19.1 Å². The maximum absolute atomic E-state index is 12.6. The summed E-state index contributed by atoms with van der Waals surface area (Å²) in [4.78, 5) is 27.6. The molecule has 0 saturated carbocycles. The number of pyridine rings is 1. The molecule has 15 heteroatoms. The Kier molecular flexibility index (Phi) is 8.50.